The third-order valence-electron chi connectivity index (χ3n) is 3.54. The van der Waals surface area contributed by atoms with Crippen LogP contribution in [0.4, 0.5) is 8.78 Å². The van der Waals surface area contributed by atoms with Crippen LogP contribution < -0.4 is 5.32 Å². The molecular formula is C13H20F2N2S. The molecule has 1 heterocycles. The Bertz CT molecular complexity index is 392. The minimum atomic E-state index is -2.46. The van der Waals surface area contributed by atoms with E-state index in [9.17, 15) is 8.78 Å². The number of halogens is 2. The van der Waals surface area contributed by atoms with Gasteiger partial charge in [0.1, 0.15) is 0 Å². The third-order valence-corrected chi connectivity index (χ3v) is 4.53. The maximum atomic E-state index is 13.3. The van der Waals surface area contributed by atoms with Crippen molar-refractivity contribution in [1.29, 1.82) is 0 Å². The highest BCUT2D eigenvalue weighted by molar-refractivity contribution is 7.09. The Morgan fingerprint density at radius 1 is 1.61 bits per heavy atom. The molecule has 1 saturated carbocycles. The van der Waals surface area contributed by atoms with Crippen molar-refractivity contribution in [1.82, 2.24) is 10.3 Å². The zero-order chi connectivity index (χ0) is 13.2. The fourth-order valence-electron chi connectivity index (χ4n) is 2.68. The van der Waals surface area contributed by atoms with Crippen LogP contribution in [0, 0.1) is 12.8 Å². The molecule has 0 aliphatic heterocycles. The average Bonchev–Trinajstić information content (AvgIpc) is 2.84. The molecule has 2 unspecified atom stereocenters. The third kappa shape index (κ3) is 3.48. The maximum absolute atomic E-state index is 13.3. The second-order valence-electron chi connectivity index (χ2n) is 5.11. The summed E-state index contributed by atoms with van der Waals surface area (Å²) in [6, 6.07) is 0.133. The van der Waals surface area contributed by atoms with Crippen molar-refractivity contribution in [2.24, 2.45) is 5.92 Å². The van der Waals surface area contributed by atoms with Crippen molar-refractivity contribution in [2.45, 2.75) is 51.5 Å². The van der Waals surface area contributed by atoms with Crippen LogP contribution in [0.1, 0.15) is 36.9 Å². The minimum Gasteiger partial charge on any atom is -0.314 e. The Hall–Kier alpha value is -0.550. The summed E-state index contributed by atoms with van der Waals surface area (Å²) in [7, 11) is 0. The van der Waals surface area contributed by atoms with E-state index < -0.39 is 5.92 Å². The lowest BCUT2D eigenvalue weighted by atomic mass is 9.95. The lowest BCUT2D eigenvalue weighted by molar-refractivity contribution is 0.00332. The van der Waals surface area contributed by atoms with E-state index in [2.05, 4.69) is 10.3 Å². The van der Waals surface area contributed by atoms with Gasteiger partial charge in [-0.2, -0.15) is 0 Å². The minimum absolute atomic E-state index is 0.0228. The Kier molecular flexibility index (Phi) is 4.33. The molecule has 2 rings (SSSR count). The highest BCUT2D eigenvalue weighted by Crippen LogP contribution is 2.41. The molecule has 2 atom stereocenters. The molecule has 0 spiro atoms. The number of alkyl halides is 2. The quantitative estimate of drug-likeness (QED) is 0.890. The Balaban J connectivity index is 2.00. The first-order chi connectivity index (χ1) is 8.50. The molecule has 2 nitrogen and oxygen atoms in total. The molecule has 1 aliphatic rings. The molecule has 5 heteroatoms. The molecule has 0 bridgehead atoms. The topological polar surface area (TPSA) is 24.9 Å². The highest BCUT2D eigenvalue weighted by atomic mass is 32.1. The molecular weight excluding hydrogens is 254 g/mol. The maximum Gasteiger partial charge on any atom is 0.248 e. The number of rotatable bonds is 5. The molecule has 0 saturated heterocycles. The Labute approximate surface area is 111 Å². The Morgan fingerprint density at radius 3 is 2.89 bits per heavy atom. The number of nitrogens with zero attached hydrogens (tertiary/aromatic N) is 1. The van der Waals surface area contributed by atoms with E-state index in [0.717, 1.165) is 23.7 Å². The monoisotopic (exact) mass is 274 g/mol. The van der Waals surface area contributed by atoms with Gasteiger partial charge in [0.15, 0.2) is 0 Å². The van der Waals surface area contributed by atoms with E-state index in [1.54, 1.807) is 11.3 Å². The second-order valence-corrected chi connectivity index (χ2v) is 6.05. The predicted molar refractivity (Wildman–Crippen MR) is 70.3 cm³/mol. The van der Waals surface area contributed by atoms with Crippen molar-refractivity contribution in [3.05, 3.63) is 16.1 Å². The summed E-state index contributed by atoms with van der Waals surface area (Å²) in [6.45, 7) is 4.80. The summed E-state index contributed by atoms with van der Waals surface area (Å²) in [5.41, 5.74) is 1.02. The van der Waals surface area contributed by atoms with Gasteiger partial charge in [-0.05, 0) is 25.8 Å². The summed E-state index contributed by atoms with van der Waals surface area (Å²) in [5, 5.41) is 6.42. The first-order valence-electron chi connectivity index (χ1n) is 6.52. The van der Waals surface area contributed by atoms with E-state index >= 15 is 0 Å². The van der Waals surface area contributed by atoms with Gasteiger partial charge in [0.05, 0.1) is 5.01 Å². The van der Waals surface area contributed by atoms with Crippen molar-refractivity contribution >= 4 is 11.3 Å². The molecule has 102 valence electrons. The fraction of sp³-hybridized carbons (Fsp3) is 0.769. The number of likely N-dealkylation sites (N-methyl/N-ethyl adjacent to an activating group) is 1. The van der Waals surface area contributed by atoms with Gasteiger partial charge in [0, 0.05) is 36.4 Å². The van der Waals surface area contributed by atoms with Crippen LogP contribution in [0.5, 0.6) is 0 Å². The standard InChI is InChI=1S/C13H20F2N2S/c1-3-16-11(6-12-17-9(2)8-18-12)10-4-5-13(14,15)7-10/h8,10-11,16H,3-7H2,1-2H3. The van der Waals surface area contributed by atoms with E-state index in [1.165, 1.54) is 0 Å². The number of nitrogens with one attached hydrogen (secondary N) is 1. The van der Waals surface area contributed by atoms with Crippen LogP contribution >= 0.6 is 11.3 Å². The summed E-state index contributed by atoms with van der Waals surface area (Å²) >= 11 is 1.62. The van der Waals surface area contributed by atoms with Crippen molar-refractivity contribution in [3.63, 3.8) is 0 Å². The SMILES string of the molecule is CCNC(Cc1nc(C)cs1)C1CCC(F)(F)C1. The zero-order valence-electron chi connectivity index (χ0n) is 10.9. The highest BCUT2D eigenvalue weighted by Gasteiger charge is 2.42. The van der Waals surface area contributed by atoms with Gasteiger partial charge in [0.25, 0.3) is 0 Å². The van der Waals surface area contributed by atoms with Crippen molar-refractivity contribution in [2.75, 3.05) is 6.54 Å². The number of aryl methyl sites for hydroxylation is 1. The number of hydrogen-bond acceptors (Lipinski definition) is 3. The van der Waals surface area contributed by atoms with Gasteiger partial charge >= 0.3 is 0 Å². The van der Waals surface area contributed by atoms with Crippen LogP contribution in [-0.2, 0) is 6.42 Å². The molecule has 18 heavy (non-hydrogen) atoms. The number of hydrogen-bond donors (Lipinski definition) is 1. The van der Waals surface area contributed by atoms with Gasteiger partial charge in [-0.3, -0.25) is 0 Å². The Morgan fingerprint density at radius 2 is 2.39 bits per heavy atom. The van der Waals surface area contributed by atoms with Crippen LogP contribution in [0.15, 0.2) is 5.38 Å². The molecule has 1 aromatic heterocycles. The molecule has 1 fully saturated rings. The van der Waals surface area contributed by atoms with Crippen LogP contribution in [0.25, 0.3) is 0 Å². The van der Waals surface area contributed by atoms with Gasteiger partial charge < -0.3 is 5.32 Å². The van der Waals surface area contributed by atoms with E-state index in [1.807, 2.05) is 19.2 Å². The average molecular weight is 274 g/mol. The van der Waals surface area contributed by atoms with Crippen LogP contribution in [0.3, 0.4) is 0 Å². The fourth-order valence-corrected chi connectivity index (χ4v) is 3.51. The van der Waals surface area contributed by atoms with Gasteiger partial charge in [-0.25, -0.2) is 13.8 Å². The first-order valence-corrected chi connectivity index (χ1v) is 7.40. The second kappa shape index (κ2) is 5.61. The smallest absolute Gasteiger partial charge is 0.248 e. The lowest BCUT2D eigenvalue weighted by Gasteiger charge is -2.23. The number of aromatic nitrogens is 1. The summed E-state index contributed by atoms with van der Waals surface area (Å²) < 4.78 is 26.6. The van der Waals surface area contributed by atoms with Gasteiger partial charge in [-0.15, -0.1) is 11.3 Å². The summed E-state index contributed by atoms with van der Waals surface area (Å²) in [5.74, 6) is -2.39. The molecule has 0 aromatic carbocycles. The van der Waals surface area contributed by atoms with E-state index in [-0.39, 0.29) is 24.8 Å². The van der Waals surface area contributed by atoms with Crippen molar-refractivity contribution < 1.29 is 8.78 Å². The van der Waals surface area contributed by atoms with E-state index in [0.29, 0.717) is 6.42 Å². The van der Waals surface area contributed by atoms with Gasteiger partial charge in [0.2, 0.25) is 5.92 Å². The molecule has 1 aromatic rings. The van der Waals surface area contributed by atoms with Gasteiger partial charge in [-0.1, -0.05) is 6.92 Å². The summed E-state index contributed by atoms with van der Waals surface area (Å²) in [6.07, 6.45) is 1.45. The van der Waals surface area contributed by atoms with Crippen molar-refractivity contribution in [3.8, 4) is 0 Å². The van der Waals surface area contributed by atoms with Crippen LogP contribution in [-0.4, -0.2) is 23.5 Å². The first kappa shape index (κ1) is 13.9. The normalized spacial score (nSPS) is 24.3. The number of thiazole rings is 1. The molecule has 1 aliphatic carbocycles. The summed E-state index contributed by atoms with van der Waals surface area (Å²) in [4.78, 5) is 4.43. The molecule has 0 amide bonds. The predicted octanol–water partition coefficient (Wildman–Crippen LogP) is 3.41. The van der Waals surface area contributed by atoms with Crippen LogP contribution in [0.2, 0.25) is 0 Å². The molecule has 1 N–H and O–H groups in total. The largest absolute Gasteiger partial charge is 0.314 e. The molecule has 0 radical (unpaired) electrons. The zero-order valence-corrected chi connectivity index (χ0v) is 11.7. The lowest BCUT2D eigenvalue weighted by Crippen LogP contribution is -2.37. The van der Waals surface area contributed by atoms with E-state index in [4.69, 9.17) is 0 Å².